The quantitative estimate of drug-likeness (QED) is 0.730. The third-order valence-corrected chi connectivity index (χ3v) is 5.20. The first kappa shape index (κ1) is 10.5. The molecule has 86 valence electrons. The Hall–Kier alpha value is -0.700. The highest BCUT2D eigenvalue weighted by atomic mass is 32.2. The van der Waals surface area contributed by atoms with Crippen molar-refractivity contribution < 1.29 is 4.39 Å². The van der Waals surface area contributed by atoms with Crippen LogP contribution in [-0.2, 0) is 0 Å². The van der Waals surface area contributed by atoms with Crippen molar-refractivity contribution in [1.29, 1.82) is 0 Å². The number of hydrogen-bond donors (Lipinski definition) is 1. The Labute approximate surface area is 99.8 Å². The van der Waals surface area contributed by atoms with Gasteiger partial charge in [0.05, 0.1) is 5.69 Å². The summed E-state index contributed by atoms with van der Waals surface area (Å²) in [4.78, 5) is 1.22. The zero-order chi connectivity index (χ0) is 11.0. The van der Waals surface area contributed by atoms with Crippen molar-refractivity contribution in [1.82, 2.24) is 0 Å². The molecule has 0 amide bonds. The molecule has 0 saturated heterocycles. The Morgan fingerprint density at radius 1 is 1.19 bits per heavy atom. The molecule has 0 unspecified atom stereocenters. The van der Waals surface area contributed by atoms with Crippen LogP contribution in [0.1, 0.15) is 32.1 Å². The van der Waals surface area contributed by atoms with Gasteiger partial charge in [-0.15, -0.1) is 11.8 Å². The molecule has 1 aromatic carbocycles. The van der Waals surface area contributed by atoms with E-state index in [0.29, 0.717) is 4.75 Å². The lowest BCUT2D eigenvalue weighted by molar-refractivity contribution is 0.408. The van der Waals surface area contributed by atoms with E-state index in [0.717, 1.165) is 12.2 Å². The molecule has 3 rings (SSSR count). The largest absolute Gasteiger partial charge is 0.383 e. The molecule has 1 aliphatic heterocycles. The molecule has 0 radical (unpaired) electrons. The highest BCUT2D eigenvalue weighted by Gasteiger charge is 2.36. The number of rotatable bonds is 0. The second-order valence-corrected chi connectivity index (χ2v) is 6.35. The molecule has 1 aliphatic carbocycles. The van der Waals surface area contributed by atoms with Gasteiger partial charge in [-0.1, -0.05) is 19.3 Å². The summed E-state index contributed by atoms with van der Waals surface area (Å²) >= 11 is 1.96. The van der Waals surface area contributed by atoms with Crippen LogP contribution >= 0.6 is 11.8 Å². The Balaban J connectivity index is 1.88. The van der Waals surface area contributed by atoms with Gasteiger partial charge in [0, 0.05) is 16.2 Å². The Morgan fingerprint density at radius 2 is 2.00 bits per heavy atom. The van der Waals surface area contributed by atoms with Crippen molar-refractivity contribution in [3.05, 3.63) is 24.0 Å². The minimum Gasteiger partial charge on any atom is -0.383 e. The van der Waals surface area contributed by atoms with E-state index in [4.69, 9.17) is 0 Å². The summed E-state index contributed by atoms with van der Waals surface area (Å²) in [5.41, 5.74) is 0.973. The van der Waals surface area contributed by atoms with Gasteiger partial charge in [0.25, 0.3) is 0 Å². The van der Waals surface area contributed by atoms with Crippen molar-refractivity contribution in [2.75, 3.05) is 11.9 Å². The van der Waals surface area contributed by atoms with E-state index in [2.05, 4.69) is 5.32 Å². The summed E-state index contributed by atoms with van der Waals surface area (Å²) in [5.74, 6) is -0.147. The summed E-state index contributed by atoms with van der Waals surface area (Å²) in [6.45, 7) is 0.994. The van der Waals surface area contributed by atoms with E-state index >= 15 is 0 Å². The van der Waals surface area contributed by atoms with E-state index < -0.39 is 0 Å². The van der Waals surface area contributed by atoms with Crippen molar-refractivity contribution in [3.8, 4) is 0 Å². The first-order valence-electron chi connectivity index (χ1n) is 6.00. The van der Waals surface area contributed by atoms with Gasteiger partial charge >= 0.3 is 0 Å². The van der Waals surface area contributed by atoms with Crippen LogP contribution in [0, 0.1) is 5.82 Å². The normalized spacial score (nSPS) is 22.6. The Bertz CT molecular complexity index is 399. The minimum atomic E-state index is -0.147. The molecule has 1 N–H and O–H groups in total. The second-order valence-electron chi connectivity index (χ2n) is 4.84. The molecule has 0 bridgehead atoms. The summed E-state index contributed by atoms with van der Waals surface area (Å²) in [6, 6.07) is 5.09. The van der Waals surface area contributed by atoms with E-state index in [1.165, 1.54) is 37.0 Å². The van der Waals surface area contributed by atoms with Crippen LogP contribution in [0.3, 0.4) is 0 Å². The van der Waals surface area contributed by atoms with Crippen LogP contribution in [-0.4, -0.2) is 11.3 Å². The van der Waals surface area contributed by atoms with E-state index in [-0.39, 0.29) is 5.82 Å². The van der Waals surface area contributed by atoms with Crippen LogP contribution in [0.5, 0.6) is 0 Å². The average Bonchev–Trinajstić information content (AvgIpc) is 2.31. The molecular weight excluding hydrogens is 221 g/mol. The predicted octanol–water partition coefficient (Wildman–Crippen LogP) is 4.05. The van der Waals surface area contributed by atoms with E-state index in [9.17, 15) is 4.39 Å². The van der Waals surface area contributed by atoms with Crippen LogP contribution in [0.4, 0.5) is 10.1 Å². The molecule has 3 heteroatoms. The number of anilines is 1. The van der Waals surface area contributed by atoms with Crippen molar-refractivity contribution in [2.24, 2.45) is 0 Å². The summed E-state index contributed by atoms with van der Waals surface area (Å²) in [6.07, 6.45) is 6.64. The van der Waals surface area contributed by atoms with Gasteiger partial charge in [-0.2, -0.15) is 0 Å². The molecule has 1 saturated carbocycles. The Kier molecular flexibility index (Phi) is 2.58. The molecule has 1 spiro atoms. The number of hydrogen-bond acceptors (Lipinski definition) is 2. The number of thioether (sulfide) groups is 1. The van der Waals surface area contributed by atoms with Gasteiger partial charge in [0.1, 0.15) is 5.82 Å². The van der Waals surface area contributed by atoms with Gasteiger partial charge in [0.2, 0.25) is 0 Å². The third-order valence-electron chi connectivity index (χ3n) is 3.63. The van der Waals surface area contributed by atoms with Crippen LogP contribution < -0.4 is 5.32 Å². The lowest BCUT2D eigenvalue weighted by atomic mass is 9.88. The zero-order valence-electron chi connectivity index (χ0n) is 9.26. The third kappa shape index (κ3) is 1.81. The second kappa shape index (κ2) is 3.95. The van der Waals surface area contributed by atoms with Crippen LogP contribution in [0.25, 0.3) is 0 Å². The van der Waals surface area contributed by atoms with Crippen LogP contribution in [0.15, 0.2) is 23.1 Å². The van der Waals surface area contributed by atoms with Gasteiger partial charge in [-0.3, -0.25) is 0 Å². The number of halogens is 1. The maximum atomic E-state index is 13.1. The summed E-state index contributed by atoms with van der Waals surface area (Å²) in [5, 5.41) is 3.40. The molecule has 1 fully saturated rings. The van der Waals surface area contributed by atoms with Gasteiger partial charge < -0.3 is 5.32 Å². The maximum absolute atomic E-state index is 13.1. The topological polar surface area (TPSA) is 12.0 Å². The molecular formula is C13H16FNS. The summed E-state index contributed by atoms with van der Waals surface area (Å²) < 4.78 is 13.5. The first-order chi connectivity index (χ1) is 7.77. The highest BCUT2D eigenvalue weighted by Crippen LogP contribution is 2.48. The molecule has 2 aliphatic rings. The first-order valence-corrected chi connectivity index (χ1v) is 6.82. The number of fused-ring (bicyclic) bond motifs is 1. The van der Waals surface area contributed by atoms with Gasteiger partial charge in [-0.05, 0) is 31.0 Å². The van der Waals surface area contributed by atoms with Gasteiger partial charge in [-0.25, -0.2) is 4.39 Å². The fourth-order valence-corrected chi connectivity index (χ4v) is 4.21. The van der Waals surface area contributed by atoms with E-state index in [1.807, 2.05) is 17.8 Å². The van der Waals surface area contributed by atoms with E-state index in [1.54, 1.807) is 12.1 Å². The zero-order valence-corrected chi connectivity index (χ0v) is 10.1. The molecule has 1 nitrogen and oxygen atoms in total. The lowest BCUT2D eigenvalue weighted by Crippen LogP contribution is -2.38. The standard InChI is InChI=1S/C13H16FNS/c14-10-4-5-12-11(8-10)15-9-13(16-12)6-2-1-3-7-13/h4-5,8,15H,1-3,6-7,9H2. The predicted molar refractivity (Wildman–Crippen MR) is 66.6 cm³/mol. The molecule has 1 heterocycles. The van der Waals surface area contributed by atoms with Gasteiger partial charge in [0.15, 0.2) is 0 Å². The summed E-state index contributed by atoms with van der Waals surface area (Å²) in [7, 11) is 0. The highest BCUT2D eigenvalue weighted by molar-refractivity contribution is 8.01. The number of benzene rings is 1. The molecule has 0 aromatic heterocycles. The molecule has 0 atom stereocenters. The maximum Gasteiger partial charge on any atom is 0.125 e. The fourth-order valence-electron chi connectivity index (χ4n) is 2.73. The smallest absolute Gasteiger partial charge is 0.125 e. The van der Waals surface area contributed by atoms with Crippen molar-refractivity contribution in [3.63, 3.8) is 0 Å². The van der Waals surface area contributed by atoms with Crippen molar-refractivity contribution >= 4 is 17.4 Å². The van der Waals surface area contributed by atoms with Crippen molar-refractivity contribution in [2.45, 2.75) is 41.7 Å². The average molecular weight is 237 g/mol. The molecule has 16 heavy (non-hydrogen) atoms. The fraction of sp³-hybridized carbons (Fsp3) is 0.538. The minimum absolute atomic E-state index is 0.147. The monoisotopic (exact) mass is 237 g/mol. The lowest BCUT2D eigenvalue weighted by Gasteiger charge is -2.40. The SMILES string of the molecule is Fc1ccc2c(c1)NCC1(CCCCC1)S2. The number of nitrogens with one attached hydrogen (secondary N) is 1. The molecule has 1 aromatic rings. The Morgan fingerprint density at radius 3 is 2.81 bits per heavy atom. The van der Waals surface area contributed by atoms with Crippen LogP contribution in [0.2, 0.25) is 0 Å².